The lowest BCUT2D eigenvalue weighted by atomic mass is 9.95. The van der Waals surface area contributed by atoms with Gasteiger partial charge in [-0.3, -0.25) is 0 Å². The van der Waals surface area contributed by atoms with E-state index in [1.54, 1.807) is 6.20 Å². The summed E-state index contributed by atoms with van der Waals surface area (Å²) in [5.74, 6) is 1.61. The number of rotatable bonds is 6. The van der Waals surface area contributed by atoms with Gasteiger partial charge >= 0.3 is 12.0 Å². The summed E-state index contributed by atoms with van der Waals surface area (Å²) in [4.78, 5) is 16.9. The number of aromatic nitrogens is 2. The molecule has 0 fully saturated rings. The Morgan fingerprint density at radius 1 is 1.24 bits per heavy atom. The summed E-state index contributed by atoms with van der Waals surface area (Å²) in [6.07, 6.45) is 4.30. The van der Waals surface area contributed by atoms with Gasteiger partial charge in [-0.05, 0) is 54.7 Å². The number of carbonyl (C=O) groups is 1. The van der Waals surface area contributed by atoms with Gasteiger partial charge in [0.1, 0.15) is 17.6 Å². The summed E-state index contributed by atoms with van der Waals surface area (Å²) in [5.41, 5.74) is 3.59. The number of carbonyl (C=O) groups excluding carboxylic acids is 1. The first kappa shape index (κ1) is 21.0. The van der Waals surface area contributed by atoms with Crippen LogP contribution in [0.2, 0.25) is 0 Å². The van der Waals surface area contributed by atoms with Crippen LogP contribution in [-0.2, 0) is 13.0 Å². The lowest BCUT2D eigenvalue weighted by molar-refractivity contribution is 0.175. The van der Waals surface area contributed by atoms with Crippen molar-refractivity contribution >= 4 is 17.4 Å². The van der Waals surface area contributed by atoms with E-state index in [1.165, 1.54) is 34.7 Å². The van der Waals surface area contributed by atoms with E-state index in [4.69, 9.17) is 18.7 Å². The van der Waals surface area contributed by atoms with Crippen molar-refractivity contribution in [1.82, 2.24) is 15.5 Å². The first-order valence-electron chi connectivity index (χ1n) is 10.5. The van der Waals surface area contributed by atoms with Crippen molar-refractivity contribution in [2.45, 2.75) is 32.4 Å². The number of fused-ring (bicyclic) bond motifs is 1. The molecule has 2 aromatic heterocycles. The zero-order valence-corrected chi connectivity index (χ0v) is 18.6. The Morgan fingerprint density at radius 2 is 2.15 bits per heavy atom. The fourth-order valence-electron chi connectivity index (χ4n) is 3.66. The van der Waals surface area contributed by atoms with Crippen LogP contribution in [0, 0.1) is 6.92 Å². The van der Waals surface area contributed by atoms with E-state index in [1.807, 2.05) is 24.3 Å². The number of aryl methyl sites for hydroxylation is 2. The fraction of sp³-hybridized carbons (Fsp3) is 0.208. The molecule has 168 valence electrons. The van der Waals surface area contributed by atoms with Crippen molar-refractivity contribution in [1.29, 1.82) is 0 Å². The standard InChI is InChI=1S/C24H21N3O5S/c1-15-4-2-3-5-19(15)21-8-6-16-12-17(7-9-20(16)30-21)29-24-26-14-18(33-24)13-25-23(28)31-22-10-11-27-32-22/h2-5,7,9-12,14,21H,6,8,13H2,1H3,(H,25,28). The van der Waals surface area contributed by atoms with Crippen LogP contribution in [0.15, 0.2) is 65.4 Å². The highest BCUT2D eigenvalue weighted by atomic mass is 32.1. The summed E-state index contributed by atoms with van der Waals surface area (Å²) < 4.78 is 21.9. The molecular weight excluding hydrogens is 442 g/mol. The number of nitrogens with one attached hydrogen (secondary N) is 1. The molecular formula is C24H21N3O5S. The maximum absolute atomic E-state index is 11.8. The smallest absolute Gasteiger partial charge is 0.415 e. The molecule has 1 atom stereocenters. The minimum Gasteiger partial charge on any atom is -0.485 e. The molecule has 0 saturated heterocycles. The van der Waals surface area contributed by atoms with Crippen LogP contribution in [0.3, 0.4) is 0 Å². The molecule has 1 amide bonds. The third-order valence-electron chi connectivity index (χ3n) is 5.26. The average molecular weight is 464 g/mol. The summed E-state index contributed by atoms with van der Waals surface area (Å²) in [7, 11) is 0. The van der Waals surface area contributed by atoms with Gasteiger partial charge in [-0.15, -0.1) is 0 Å². The Kier molecular flexibility index (Phi) is 5.95. The summed E-state index contributed by atoms with van der Waals surface area (Å²) in [6, 6.07) is 15.6. The van der Waals surface area contributed by atoms with Crippen LogP contribution in [0.25, 0.3) is 0 Å². The molecule has 9 heteroatoms. The number of hydrogen-bond donors (Lipinski definition) is 1. The van der Waals surface area contributed by atoms with Crippen LogP contribution in [0.4, 0.5) is 4.79 Å². The number of ether oxygens (including phenoxy) is 3. The van der Waals surface area contributed by atoms with Crippen LogP contribution in [0.1, 0.15) is 34.1 Å². The Labute approximate surface area is 194 Å². The van der Waals surface area contributed by atoms with Crippen LogP contribution < -0.4 is 19.5 Å². The lowest BCUT2D eigenvalue weighted by Gasteiger charge is -2.27. The summed E-state index contributed by atoms with van der Waals surface area (Å²) >= 11 is 1.34. The van der Waals surface area contributed by atoms with Gasteiger partial charge in [-0.2, -0.15) is 0 Å². The largest absolute Gasteiger partial charge is 0.485 e. The van der Waals surface area contributed by atoms with Gasteiger partial charge in [0.15, 0.2) is 0 Å². The SMILES string of the molecule is Cc1ccccc1C1CCc2cc(Oc3ncc(CNC(=O)Oc4ccno4)s3)ccc2O1. The Hall–Kier alpha value is -3.85. The van der Waals surface area contributed by atoms with Gasteiger partial charge in [0.25, 0.3) is 5.19 Å². The molecule has 0 radical (unpaired) electrons. The predicted octanol–water partition coefficient (Wildman–Crippen LogP) is 5.59. The second-order valence-corrected chi connectivity index (χ2v) is 8.62. The fourth-order valence-corrected chi connectivity index (χ4v) is 4.38. The van der Waals surface area contributed by atoms with Crippen LogP contribution >= 0.6 is 11.3 Å². The normalized spacial score (nSPS) is 14.8. The van der Waals surface area contributed by atoms with Gasteiger partial charge in [0, 0.05) is 17.1 Å². The van der Waals surface area contributed by atoms with Gasteiger partial charge in [-0.1, -0.05) is 40.8 Å². The zero-order chi connectivity index (χ0) is 22.6. The maximum Gasteiger partial charge on any atom is 0.415 e. The molecule has 0 bridgehead atoms. The first-order chi connectivity index (χ1) is 16.1. The Morgan fingerprint density at radius 3 is 3.00 bits per heavy atom. The van der Waals surface area contributed by atoms with Crippen molar-refractivity contribution in [2.75, 3.05) is 0 Å². The van der Waals surface area contributed by atoms with Crippen molar-refractivity contribution in [3.05, 3.63) is 82.5 Å². The quantitative estimate of drug-likeness (QED) is 0.398. The minimum absolute atomic E-state index is 0.0300. The van der Waals surface area contributed by atoms with Crippen LogP contribution in [-0.4, -0.2) is 16.2 Å². The molecule has 1 aliphatic heterocycles. The third kappa shape index (κ3) is 4.98. The van der Waals surface area contributed by atoms with Gasteiger partial charge in [0.05, 0.1) is 12.7 Å². The second-order valence-electron chi connectivity index (χ2n) is 7.54. The Balaban J connectivity index is 1.18. The van der Waals surface area contributed by atoms with E-state index in [0.717, 1.165) is 29.0 Å². The van der Waals surface area contributed by atoms with E-state index in [-0.39, 0.29) is 18.6 Å². The zero-order valence-electron chi connectivity index (χ0n) is 17.8. The molecule has 0 aliphatic carbocycles. The van der Waals surface area contributed by atoms with E-state index < -0.39 is 6.09 Å². The van der Waals surface area contributed by atoms with Gasteiger partial charge in [-0.25, -0.2) is 9.78 Å². The number of benzene rings is 2. The van der Waals surface area contributed by atoms with E-state index in [0.29, 0.717) is 10.9 Å². The summed E-state index contributed by atoms with van der Waals surface area (Å²) in [6.45, 7) is 2.37. The lowest BCUT2D eigenvalue weighted by Crippen LogP contribution is -2.25. The highest BCUT2D eigenvalue weighted by Crippen LogP contribution is 2.38. The minimum atomic E-state index is -0.638. The molecule has 3 heterocycles. The van der Waals surface area contributed by atoms with E-state index in [9.17, 15) is 4.79 Å². The number of amides is 1. The number of thiazole rings is 1. The van der Waals surface area contributed by atoms with E-state index in [2.05, 4.69) is 40.6 Å². The van der Waals surface area contributed by atoms with E-state index >= 15 is 0 Å². The average Bonchev–Trinajstić information content (AvgIpc) is 3.50. The van der Waals surface area contributed by atoms with Gasteiger partial charge in [0.2, 0.25) is 0 Å². The van der Waals surface area contributed by atoms with Crippen molar-refractivity contribution in [3.63, 3.8) is 0 Å². The predicted molar refractivity (Wildman–Crippen MR) is 121 cm³/mol. The number of hydrogen-bond acceptors (Lipinski definition) is 8. The van der Waals surface area contributed by atoms with Crippen molar-refractivity contribution < 1.29 is 23.5 Å². The van der Waals surface area contributed by atoms with Gasteiger partial charge < -0.3 is 24.1 Å². The molecule has 4 aromatic rings. The molecule has 1 unspecified atom stereocenters. The molecule has 2 aromatic carbocycles. The molecule has 1 aliphatic rings. The molecule has 1 N–H and O–H groups in total. The molecule has 5 rings (SSSR count). The molecule has 0 saturated carbocycles. The highest BCUT2D eigenvalue weighted by Gasteiger charge is 2.23. The molecule has 0 spiro atoms. The third-order valence-corrected chi connectivity index (χ3v) is 6.14. The Bertz CT molecular complexity index is 1250. The van der Waals surface area contributed by atoms with Crippen LogP contribution in [0.5, 0.6) is 22.6 Å². The van der Waals surface area contributed by atoms with Crippen molar-refractivity contribution in [2.24, 2.45) is 0 Å². The highest BCUT2D eigenvalue weighted by molar-refractivity contribution is 7.13. The topological polar surface area (TPSA) is 95.7 Å². The monoisotopic (exact) mass is 463 g/mol. The molecule has 33 heavy (non-hydrogen) atoms. The summed E-state index contributed by atoms with van der Waals surface area (Å²) in [5, 5.41) is 6.59. The first-order valence-corrected chi connectivity index (χ1v) is 11.3. The van der Waals surface area contributed by atoms with Crippen molar-refractivity contribution in [3.8, 4) is 22.6 Å². The second kappa shape index (κ2) is 9.33. The number of nitrogens with zero attached hydrogens (tertiary/aromatic N) is 2. The molecule has 8 nitrogen and oxygen atoms in total. The maximum atomic E-state index is 11.8.